The van der Waals surface area contributed by atoms with Gasteiger partial charge in [-0.3, -0.25) is 14.4 Å². The van der Waals surface area contributed by atoms with Crippen LogP contribution < -0.4 is 15.4 Å². The molecule has 6 atom stereocenters. The fraction of sp³-hybridized carbons (Fsp3) is 0.649. The number of alkyl carbamates (subject to hydrolysis) is 1. The zero-order chi connectivity index (χ0) is 37.5. The van der Waals surface area contributed by atoms with Gasteiger partial charge in [0.2, 0.25) is 17.7 Å². The minimum atomic E-state index is -4.07. The molecular weight excluding hydrogens is 705 g/mol. The molecule has 1 saturated heterocycles. The van der Waals surface area contributed by atoms with E-state index >= 15 is 0 Å². The van der Waals surface area contributed by atoms with E-state index in [-0.39, 0.29) is 19.1 Å². The van der Waals surface area contributed by atoms with Crippen molar-refractivity contribution in [1.82, 2.24) is 29.5 Å². The first kappa shape index (κ1) is 37.1. The van der Waals surface area contributed by atoms with Gasteiger partial charge >= 0.3 is 22.4 Å². The van der Waals surface area contributed by atoms with Crippen LogP contribution in [0.1, 0.15) is 81.8 Å². The van der Waals surface area contributed by atoms with E-state index in [4.69, 9.17) is 9.47 Å². The predicted molar refractivity (Wildman–Crippen MR) is 191 cm³/mol. The van der Waals surface area contributed by atoms with E-state index in [1.165, 1.54) is 24.6 Å². The molecule has 0 radical (unpaired) electrons. The van der Waals surface area contributed by atoms with Crippen molar-refractivity contribution < 1.29 is 41.9 Å². The molecule has 15 nitrogen and oxygen atoms in total. The van der Waals surface area contributed by atoms with Crippen LogP contribution in [0.15, 0.2) is 36.4 Å². The number of amides is 5. The van der Waals surface area contributed by atoms with E-state index < -0.39 is 75.2 Å². The molecule has 0 bridgehead atoms. The number of allylic oxidation sites excluding steroid dienone is 1. The topological polar surface area (TPSA) is 184 Å². The number of benzene rings is 1. The molecule has 0 aromatic heterocycles. The van der Waals surface area contributed by atoms with Crippen molar-refractivity contribution in [1.29, 1.82) is 0 Å². The highest BCUT2D eigenvalue weighted by Gasteiger charge is 2.93. The highest BCUT2D eigenvalue weighted by molar-refractivity contribution is 7.87. The lowest BCUT2D eigenvalue weighted by molar-refractivity contribution is -0.140. The maximum absolute atomic E-state index is 14.4. The molecule has 3 saturated carbocycles. The Kier molecular flexibility index (Phi) is 10.2. The Hall–Kier alpha value is -4.18. The molecule has 16 heteroatoms. The lowest BCUT2D eigenvalue weighted by atomic mass is 10.0. The van der Waals surface area contributed by atoms with Crippen molar-refractivity contribution in [3.8, 4) is 0 Å². The summed E-state index contributed by atoms with van der Waals surface area (Å²) in [6.45, 7) is 0.788. The third-order valence-electron chi connectivity index (χ3n) is 12.0. The number of hydrogen-bond donors (Lipinski definition) is 3. The van der Waals surface area contributed by atoms with Crippen molar-refractivity contribution in [2.45, 2.75) is 113 Å². The second-order valence-electron chi connectivity index (χ2n) is 15.6. The van der Waals surface area contributed by atoms with Crippen LogP contribution in [0, 0.1) is 11.3 Å². The smallest absolute Gasteiger partial charge is 0.410 e. The van der Waals surface area contributed by atoms with Crippen LogP contribution >= 0.6 is 0 Å². The third-order valence-corrected chi connectivity index (χ3v) is 13.4. The second kappa shape index (κ2) is 14.6. The van der Waals surface area contributed by atoms with Gasteiger partial charge in [0.15, 0.2) is 0 Å². The Bertz CT molecular complexity index is 1780. The van der Waals surface area contributed by atoms with Crippen LogP contribution in [0.3, 0.4) is 0 Å². The van der Waals surface area contributed by atoms with Gasteiger partial charge in [0.25, 0.3) is 0 Å². The zero-order valence-electron chi connectivity index (χ0n) is 30.4. The Morgan fingerprint density at radius 2 is 1.70 bits per heavy atom. The molecule has 0 unspecified atom stereocenters. The van der Waals surface area contributed by atoms with E-state index in [1.807, 2.05) is 36.4 Å². The highest BCUT2D eigenvalue weighted by Crippen LogP contribution is 2.83. The van der Waals surface area contributed by atoms with Gasteiger partial charge in [-0.2, -0.15) is 12.7 Å². The Labute approximate surface area is 310 Å². The summed E-state index contributed by atoms with van der Waals surface area (Å²) in [5, 5.41) is 5.83. The van der Waals surface area contributed by atoms with Crippen LogP contribution in [0.4, 0.5) is 9.59 Å². The summed E-state index contributed by atoms with van der Waals surface area (Å²) < 4.78 is 39.8. The van der Waals surface area contributed by atoms with Crippen LogP contribution in [0.2, 0.25) is 0 Å². The van der Waals surface area contributed by atoms with Gasteiger partial charge in [-0.1, -0.05) is 49.3 Å². The van der Waals surface area contributed by atoms with Crippen molar-refractivity contribution >= 4 is 40.1 Å². The molecule has 1 aromatic carbocycles. The lowest BCUT2D eigenvalue weighted by Crippen LogP contribution is -2.55. The first-order valence-electron chi connectivity index (χ1n) is 18.9. The zero-order valence-corrected chi connectivity index (χ0v) is 31.2. The number of nitrogens with zero attached hydrogens (tertiary/aromatic N) is 3. The largest absolute Gasteiger partial charge is 0.446 e. The predicted octanol–water partition coefficient (Wildman–Crippen LogP) is 2.51. The summed E-state index contributed by atoms with van der Waals surface area (Å²) in [5.41, 5.74) is 0.449. The van der Waals surface area contributed by atoms with Gasteiger partial charge in [-0.15, -0.1) is 0 Å². The first-order chi connectivity index (χ1) is 25.3. The fourth-order valence-corrected chi connectivity index (χ4v) is 9.36. The molecule has 53 heavy (non-hydrogen) atoms. The van der Waals surface area contributed by atoms with Gasteiger partial charge in [0, 0.05) is 39.0 Å². The molecule has 5 amide bonds. The first-order valence-corrected chi connectivity index (χ1v) is 20.3. The van der Waals surface area contributed by atoms with Gasteiger partial charge in [-0.05, 0) is 68.9 Å². The molecule has 0 spiro atoms. The minimum absolute atomic E-state index is 0.0117. The van der Waals surface area contributed by atoms with Crippen molar-refractivity contribution in [2.75, 3.05) is 27.2 Å². The molecule has 3 heterocycles. The molecule has 3 aliphatic carbocycles. The van der Waals surface area contributed by atoms with E-state index in [1.54, 1.807) is 4.90 Å². The Morgan fingerprint density at radius 3 is 2.45 bits per heavy atom. The number of hydrogen-bond acceptors (Lipinski definition) is 9. The Balaban J connectivity index is 1.12. The summed E-state index contributed by atoms with van der Waals surface area (Å²) in [6.07, 6.45) is 9.47. The number of fused-ring (bicyclic) bond motifs is 2. The summed E-state index contributed by atoms with van der Waals surface area (Å²) >= 11 is 0. The monoisotopic (exact) mass is 754 g/mol. The van der Waals surface area contributed by atoms with E-state index in [0.717, 1.165) is 48.4 Å². The van der Waals surface area contributed by atoms with Crippen LogP contribution in [0.5, 0.6) is 0 Å². The summed E-state index contributed by atoms with van der Waals surface area (Å²) in [6, 6.07) is 5.86. The van der Waals surface area contributed by atoms with Gasteiger partial charge in [-0.25, -0.2) is 14.3 Å². The number of carbonyl (C=O) groups excluding carboxylic acids is 5. The molecule has 3 aliphatic heterocycles. The molecule has 4 fully saturated rings. The third kappa shape index (κ3) is 7.36. The van der Waals surface area contributed by atoms with Crippen molar-refractivity contribution in [3.63, 3.8) is 0 Å². The number of ether oxygens (including phenoxy) is 2. The number of carbonyl (C=O) groups is 5. The molecule has 3 N–H and O–H groups in total. The number of rotatable bonds is 6. The van der Waals surface area contributed by atoms with E-state index in [9.17, 15) is 32.4 Å². The Morgan fingerprint density at radius 1 is 0.962 bits per heavy atom. The average Bonchev–Trinajstić information content (AvgIpc) is 3.58. The van der Waals surface area contributed by atoms with Crippen LogP contribution in [-0.4, -0.2) is 109 Å². The molecule has 6 aliphatic rings. The maximum Gasteiger partial charge on any atom is 0.410 e. The SMILES string of the molecule is CN(C)S(=O)(=O)NC(=O)[C@@H]1[C@@]23C[C@]12/C=C\CCCCC[C@H](NC(=O)OC1CCCC1)C(=O)N1C[C@H](OC(=O)N2CCc4ccccc4C2)C[C@H]1C(=O)N3. The van der Waals surface area contributed by atoms with E-state index in [0.29, 0.717) is 45.2 Å². The van der Waals surface area contributed by atoms with Crippen LogP contribution in [-0.2, 0) is 47.0 Å². The van der Waals surface area contributed by atoms with Crippen molar-refractivity contribution in [2.24, 2.45) is 11.3 Å². The van der Waals surface area contributed by atoms with Gasteiger partial charge in [0.1, 0.15) is 24.3 Å². The van der Waals surface area contributed by atoms with Gasteiger partial charge in [0.05, 0.1) is 18.0 Å². The average molecular weight is 755 g/mol. The lowest BCUT2D eigenvalue weighted by Gasteiger charge is -2.30. The fourth-order valence-electron chi connectivity index (χ4n) is 8.81. The quantitative estimate of drug-likeness (QED) is 0.368. The summed E-state index contributed by atoms with van der Waals surface area (Å²) in [7, 11) is -1.44. The highest BCUT2D eigenvalue weighted by atomic mass is 32.2. The molecule has 7 rings (SSSR count). The van der Waals surface area contributed by atoms with Crippen LogP contribution in [0.25, 0.3) is 0 Å². The standard InChI is InChI=1S/C37H50N6O9S/c1-41(2)53(49,50)40-32(45)30-36-18-11-5-3-4-6-16-28(38-34(47)51-26-14-9-10-15-26)33(46)43-22-27(20-29(43)31(44)39-37(30,36)23-36)52-35(48)42-19-17-24-12-7-8-13-25(24)21-42/h7-8,11-13,18,26-30H,3-6,9-10,14-17,19-23H2,1-2H3,(H,38,47)(H,39,44)(H,40,45)/b18-11-/t27-,28+,29+,30+,36-,37+/m1/s1. The second-order valence-corrected chi connectivity index (χ2v) is 17.5. The maximum atomic E-state index is 14.4. The molecular formula is C37H50N6O9S. The molecule has 1 aromatic rings. The van der Waals surface area contributed by atoms with Crippen molar-refractivity contribution in [3.05, 3.63) is 47.5 Å². The summed E-state index contributed by atoms with van der Waals surface area (Å²) in [5.74, 6) is -2.55. The molecule has 288 valence electrons. The van der Waals surface area contributed by atoms with Gasteiger partial charge < -0.3 is 29.9 Å². The normalized spacial score (nSPS) is 32.1. The summed E-state index contributed by atoms with van der Waals surface area (Å²) in [4.78, 5) is 71.6. The number of nitrogens with one attached hydrogen (secondary N) is 3. The van der Waals surface area contributed by atoms with E-state index in [2.05, 4.69) is 15.4 Å². The minimum Gasteiger partial charge on any atom is -0.446 e.